The summed E-state index contributed by atoms with van der Waals surface area (Å²) in [4.78, 5) is 11.1. The minimum absolute atomic E-state index is 0.157. The van der Waals surface area contributed by atoms with Crippen LogP contribution in [0.15, 0.2) is 22.7 Å². The van der Waals surface area contributed by atoms with Crippen LogP contribution in [0.3, 0.4) is 0 Å². The van der Waals surface area contributed by atoms with Crippen molar-refractivity contribution in [3.8, 4) is 0 Å². The Balaban J connectivity index is 2.76. The molecule has 0 fully saturated rings. The van der Waals surface area contributed by atoms with Gasteiger partial charge in [-0.1, -0.05) is 29.3 Å². The Kier molecular flexibility index (Phi) is 6.15. The van der Waals surface area contributed by atoms with Crippen LogP contribution in [-0.2, 0) is 0 Å². The Morgan fingerprint density at radius 1 is 1.50 bits per heavy atom. The van der Waals surface area contributed by atoms with Crippen LogP contribution in [0.5, 0.6) is 0 Å². The van der Waals surface area contributed by atoms with Crippen LogP contribution in [0.4, 0.5) is 5.69 Å². The summed E-state index contributed by atoms with van der Waals surface area (Å²) in [5.41, 5.74) is 0.866. The zero-order chi connectivity index (χ0) is 13.5. The molecule has 18 heavy (non-hydrogen) atoms. The number of carboxylic acids is 1. The van der Waals surface area contributed by atoms with Crippen LogP contribution >= 0.6 is 15.9 Å². The van der Waals surface area contributed by atoms with Crippen LogP contribution < -0.4 is 5.32 Å². The predicted octanol–water partition coefficient (Wildman–Crippen LogP) is 2.97. The number of aliphatic hydroxyl groups excluding tert-OH is 1. The van der Waals surface area contributed by atoms with Crippen molar-refractivity contribution >= 4 is 27.6 Å². The average molecular weight is 316 g/mol. The zero-order valence-corrected chi connectivity index (χ0v) is 11.9. The maximum Gasteiger partial charge on any atom is 0.337 e. The molecule has 4 nitrogen and oxygen atoms in total. The summed E-state index contributed by atoms with van der Waals surface area (Å²) < 4.78 is 0.838. The highest BCUT2D eigenvalue weighted by Crippen LogP contribution is 2.22. The van der Waals surface area contributed by atoms with Crippen LogP contribution in [0.2, 0.25) is 0 Å². The van der Waals surface area contributed by atoms with Gasteiger partial charge < -0.3 is 15.5 Å². The van der Waals surface area contributed by atoms with Gasteiger partial charge in [-0.2, -0.15) is 0 Å². The van der Waals surface area contributed by atoms with Gasteiger partial charge in [-0.05, 0) is 30.5 Å². The number of rotatable bonds is 7. The third-order valence-corrected chi connectivity index (χ3v) is 3.40. The van der Waals surface area contributed by atoms with E-state index in [0.29, 0.717) is 18.2 Å². The van der Waals surface area contributed by atoms with Crippen LogP contribution in [0.1, 0.15) is 30.1 Å². The molecule has 1 unspecified atom stereocenters. The molecular weight excluding hydrogens is 298 g/mol. The summed E-state index contributed by atoms with van der Waals surface area (Å²) in [7, 11) is 0. The highest BCUT2D eigenvalue weighted by molar-refractivity contribution is 9.10. The molecule has 1 aromatic rings. The number of hydrogen-bond donors (Lipinski definition) is 3. The van der Waals surface area contributed by atoms with E-state index in [2.05, 4.69) is 28.2 Å². The Hall–Kier alpha value is -1.07. The lowest BCUT2D eigenvalue weighted by atomic mass is 10.0. The van der Waals surface area contributed by atoms with Crippen molar-refractivity contribution in [2.75, 3.05) is 18.5 Å². The summed E-state index contributed by atoms with van der Waals surface area (Å²) in [6.45, 7) is 2.87. The molecule has 1 rings (SSSR count). The van der Waals surface area contributed by atoms with Gasteiger partial charge in [0.1, 0.15) is 0 Å². The van der Waals surface area contributed by atoms with Crippen LogP contribution in [0.25, 0.3) is 0 Å². The number of aromatic carboxylic acids is 1. The summed E-state index contributed by atoms with van der Waals surface area (Å²) in [6, 6.07) is 5.04. The van der Waals surface area contributed by atoms with Crippen molar-refractivity contribution in [3.63, 3.8) is 0 Å². The van der Waals surface area contributed by atoms with E-state index in [1.54, 1.807) is 18.2 Å². The maximum atomic E-state index is 11.1. The second-order valence-electron chi connectivity index (χ2n) is 4.16. The molecule has 0 heterocycles. The highest BCUT2D eigenvalue weighted by atomic mass is 79.9. The fourth-order valence-electron chi connectivity index (χ4n) is 1.74. The van der Waals surface area contributed by atoms with Gasteiger partial charge in [-0.15, -0.1) is 0 Å². The Bertz CT molecular complexity index is 409. The van der Waals surface area contributed by atoms with E-state index in [9.17, 15) is 4.79 Å². The molecule has 0 radical (unpaired) electrons. The number of aliphatic hydroxyl groups is 1. The number of benzene rings is 1. The minimum atomic E-state index is -0.944. The van der Waals surface area contributed by atoms with E-state index < -0.39 is 5.97 Å². The van der Waals surface area contributed by atoms with Gasteiger partial charge in [-0.3, -0.25) is 0 Å². The topological polar surface area (TPSA) is 69.6 Å². The summed E-state index contributed by atoms with van der Waals surface area (Å²) in [5, 5.41) is 21.2. The lowest BCUT2D eigenvalue weighted by molar-refractivity contribution is 0.0698. The first kappa shape index (κ1) is 15.0. The van der Waals surface area contributed by atoms with Crippen molar-refractivity contribution < 1.29 is 15.0 Å². The molecule has 0 aliphatic rings. The smallest absolute Gasteiger partial charge is 0.337 e. The van der Waals surface area contributed by atoms with Crippen molar-refractivity contribution in [2.24, 2.45) is 5.92 Å². The molecule has 0 aromatic heterocycles. The second kappa shape index (κ2) is 7.38. The first-order valence-corrected chi connectivity index (χ1v) is 6.75. The molecule has 0 spiro atoms. The molecule has 0 aliphatic heterocycles. The number of anilines is 1. The Morgan fingerprint density at radius 2 is 2.22 bits per heavy atom. The van der Waals surface area contributed by atoms with Crippen molar-refractivity contribution in [3.05, 3.63) is 28.2 Å². The molecule has 1 aromatic carbocycles. The average Bonchev–Trinajstić information content (AvgIpc) is 2.34. The molecule has 100 valence electrons. The monoisotopic (exact) mass is 315 g/mol. The zero-order valence-electron chi connectivity index (χ0n) is 10.3. The number of carbonyl (C=O) groups is 1. The molecule has 3 N–H and O–H groups in total. The third-order valence-electron chi connectivity index (χ3n) is 2.91. The van der Waals surface area contributed by atoms with Crippen molar-refractivity contribution in [1.29, 1.82) is 0 Å². The third kappa shape index (κ3) is 4.31. The Labute approximate surface area is 115 Å². The number of halogens is 1. The standard InChI is InChI=1S/C13H18BrNO3/c1-2-9(5-6-16)8-15-12-7-10(14)3-4-11(12)13(17)18/h3-4,7,9,15-16H,2,5-6,8H2,1H3,(H,17,18). The number of hydrogen-bond acceptors (Lipinski definition) is 3. The predicted molar refractivity (Wildman–Crippen MR) is 75.1 cm³/mol. The minimum Gasteiger partial charge on any atom is -0.478 e. The van der Waals surface area contributed by atoms with Crippen molar-refractivity contribution in [2.45, 2.75) is 19.8 Å². The van der Waals surface area contributed by atoms with E-state index in [0.717, 1.165) is 17.3 Å². The van der Waals surface area contributed by atoms with E-state index in [-0.39, 0.29) is 12.2 Å². The van der Waals surface area contributed by atoms with Gasteiger partial charge in [0.2, 0.25) is 0 Å². The van der Waals surface area contributed by atoms with Crippen LogP contribution in [0, 0.1) is 5.92 Å². The molecule has 1 atom stereocenters. The summed E-state index contributed by atoms with van der Waals surface area (Å²) in [6.07, 6.45) is 1.67. The van der Waals surface area contributed by atoms with E-state index >= 15 is 0 Å². The summed E-state index contributed by atoms with van der Waals surface area (Å²) >= 11 is 3.33. The van der Waals surface area contributed by atoms with Crippen LogP contribution in [-0.4, -0.2) is 29.3 Å². The molecule has 0 amide bonds. The fraction of sp³-hybridized carbons (Fsp3) is 0.462. The molecule has 0 saturated heterocycles. The van der Waals surface area contributed by atoms with Gasteiger partial charge in [0, 0.05) is 23.3 Å². The van der Waals surface area contributed by atoms with Gasteiger partial charge in [0.05, 0.1) is 5.56 Å². The lowest BCUT2D eigenvalue weighted by Crippen LogP contribution is -2.16. The first-order chi connectivity index (χ1) is 8.58. The van der Waals surface area contributed by atoms with Gasteiger partial charge in [0.25, 0.3) is 0 Å². The van der Waals surface area contributed by atoms with Crippen molar-refractivity contribution in [1.82, 2.24) is 0 Å². The summed E-state index contributed by atoms with van der Waals surface area (Å²) in [5.74, 6) is -0.601. The highest BCUT2D eigenvalue weighted by Gasteiger charge is 2.12. The molecule has 0 saturated carbocycles. The molecule has 0 aliphatic carbocycles. The fourth-order valence-corrected chi connectivity index (χ4v) is 2.10. The first-order valence-electron chi connectivity index (χ1n) is 5.96. The van der Waals surface area contributed by atoms with E-state index in [1.165, 1.54) is 0 Å². The Morgan fingerprint density at radius 3 is 2.78 bits per heavy atom. The second-order valence-corrected chi connectivity index (χ2v) is 5.08. The van der Waals surface area contributed by atoms with Gasteiger partial charge in [-0.25, -0.2) is 4.79 Å². The quantitative estimate of drug-likeness (QED) is 0.723. The lowest BCUT2D eigenvalue weighted by Gasteiger charge is -2.16. The molecule has 5 heteroatoms. The van der Waals surface area contributed by atoms with E-state index in [4.69, 9.17) is 10.2 Å². The number of nitrogens with one attached hydrogen (secondary N) is 1. The van der Waals surface area contributed by atoms with Gasteiger partial charge >= 0.3 is 5.97 Å². The molecule has 0 bridgehead atoms. The largest absolute Gasteiger partial charge is 0.478 e. The molecular formula is C13H18BrNO3. The number of carboxylic acid groups (broad SMARTS) is 1. The van der Waals surface area contributed by atoms with E-state index in [1.807, 2.05) is 0 Å². The van der Waals surface area contributed by atoms with Gasteiger partial charge in [0.15, 0.2) is 0 Å². The maximum absolute atomic E-state index is 11.1. The normalized spacial score (nSPS) is 12.2. The SMILES string of the molecule is CCC(CCO)CNc1cc(Br)ccc1C(=O)O.